The maximum Gasteiger partial charge on any atom is 0.158 e. The average Bonchev–Trinajstić information content (AvgIpc) is 2.99. The summed E-state index contributed by atoms with van der Waals surface area (Å²) >= 11 is 0. The summed E-state index contributed by atoms with van der Waals surface area (Å²) in [5, 5.41) is 7.88. The molecular formula is C13H22N4O. The second kappa shape index (κ2) is 5.18. The maximum absolute atomic E-state index is 12.5. The molecule has 1 aliphatic heterocycles. The Morgan fingerprint density at radius 2 is 2.11 bits per heavy atom. The normalized spacial score (nSPS) is 19.9. The van der Waals surface area contributed by atoms with Crippen molar-refractivity contribution >= 4 is 5.78 Å². The molecule has 100 valence electrons. The number of likely N-dealkylation sites (tertiary alicyclic amines) is 1. The number of hydrogen-bond acceptors (Lipinski definition) is 4. The van der Waals surface area contributed by atoms with Gasteiger partial charge in [-0.1, -0.05) is 12.1 Å². The van der Waals surface area contributed by atoms with Crippen LogP contribution in [0.4, 0.5) is 0 Å². The minimum Gasteiger partial charge on any atom is -0.297 e. The summed E-state index contributed by atoms with van der Waals surface area (Å²) in [7, 11) is 1.82. The van der Waals surface area contributed by atoms with Gasteiger partial charge in [0.25, 0.3) is 0 Å². The predicted molar refractivity (Wildman–Crippen MR) is 69.2 cm³/mol. The van der Waals surface area contributed by atoms with Gasteiger partial charge in [-0.15, -0.1) is 5.10 Å². The highest BCUT2D eigenvalue weighted by atomic mass is 16.1. The Bertz CT molecular complexity index is 422. The molecule has 0 bridgehead atoms. The minimum atomic E-state index is -0.339. The standard InChI is InChI=1S/C13H22N4O/c1-4-13(2,17-7-5-6-8-17)12(18)9-11-10-16(3)15-14-11/h10H,4-9H2,1-3H3. The van der Waals surface area contributed by atoms with Crippen LogP contribution in [-0.2, 0) is 18.3 Å². The minimum absolute atomic E-state index is 0.257. The Kier molecular flexibility index (Phi) is 3.80. The van der Waals surface area contributed by atoms with E-state index < -0.39 is 0 Å². The Morgan fingerprint density at radius 3 is 2.61 bits per heavy atom. The Morgan fingerprint density at radius 1 is 1.44 bits per heavy atom. The van der Waals surface area contributed by atoms with Crippen LogP contribution in [0.2, 0.25) is 0 Å². The molecule has 5 nitrogen and oxygen atoms in total. The van der Waals surface area contributed by atoms with Gasteiger partial charge in [0.1, 0.15) is 0 Å². The molecule has 5 heteroatoms. The summed E-state index contributed by atoms with van der Waals surface area (Å²) < 4.78 is 1.64. The largest absolute Gasteiger partial charge is 0.297 e. The molecule has 0 radical (unpaired) electrons. The first-order valence-corrected chi connectivity index (χ1v) is 6.70. The smallest absolute Gasteiger partial charge is 0.158 e. The molecule has 1 aromatic heterocycles. The van der Waals surface area contributed by atoms with Gasteiger partial charge in [0.15, 0.2) is 5.78 Å². The quantitative estimate of drug-likeness (QED) is 0.787. The van der Waals surface area contributed by atoms with Crippen molar-refractivity contribution in [3.8, 4) is 0 Å². The van der Waals surface area contributed by atoms with Gasteiger partial charge in [0, 0.05) is 13.2 Å². The molecule has 1 aliphatic rings. The lowest BCUT2D eigenvalue weighted by Crippen LogP contribution is -2.51. The maximum atomic E-state index is 12.5. The zero-order valence-corrected chi connectivity index (χ0v) is 11.5. The molecule has 0 saturated carbocycles. The topological polar surface area (TPSA) is 51.0 Å². The highest BCUT2D eigenvalue weighted by molar-refractivity contribution is 5.89. The van der Waals surface area contributed by atoms with Crippen LogP contribution in [0.5, 0.6) is 0 Å². The fourth-order valence-electron chi connectivity index (χ4n) is 2.64. The van der Waals surface area contributed by atoms with E-state index in [1.807, 2.05) is 13.2 Å². The van der Waals surface area contributed by atoms with Crippen molar-refractivity contribution in [2.24, 2.45) is 7.05 Å². The Labute approximate surface area is 108 Å². The molecule has 2 heterocycles. The first kappa shape index (κ1) is 13.2. The summed E-state index contributed by atoms with van der Waals surface area (Å²) in [6, 6.07) is 0. The van der Waals surface area contributed by atoms with E-state index in [2.05, 4.69) is 29.1 Å². The summed E-state index contributed by atoms with van der Waals surface area (Å²) in [6.45, 7) is 6.23. The van der Waals surface area contributed by atoms with E-state index >= 15 is 0 Å². The lowest BCUT2D eigenvalue weighted by atomic mass is 9.88. The first-order valence-electron chi connectivity index (χ1n) is 6.70. The number of ketones is 1. The third-order valence-electron chi connectivity index (χ3n) is 4.08. The van der Waals surface area contributed by atoms with Crippen molar-refractivity contribution in [3.05, 3.63) is 11.9 Å². The molecule has 1 fully saturated rings. The summed E-state index contributed by atoms with van der Waals surface area (Å²) in [4.78, 5) is 14.9. The van der Waals surface area contributed by atoms with Crippen LogP contribution in [0, 0.1) is 0 Å². The van der Waals surface area contributed by atoms with Gasteiger partial charge >= 0.3 is 0 Å². The molecule has 2 rings (SSSR count). The lowest BCUT2D eigenvalue weighted by molar-refractivity contribution is -0.129. The predicted octanol–water partition coefficient (Wildman–Crippen LogP) is 1.19. The van der Waals surface area contributed by atoms with Gasteiger partial charge in [-0.2, -0.15) is 0 Å². The third-order valence-corrected chi connectivity index (χ3v) is 4.08. The molecular weight excluding hydrogens is 228 g/mol. The molecule has 0 aromatic carbocycles. The van der Waals surface area contributed by atoms with Crippen molar-refractivity contribution < 1.29 is 4.79 Å². The van der Waals surface area contributed by atoms with Crippen molar-refractivity contribution in [2.45, 2.75) is 45.1 Å². The molecule has 1 unspecified atom stereocenters. The molecule has 1 atom stereocenters. The van der Waals surface area contributed by atoms with E-state index in [0.29, 0.717) is 6.42 Å². The molecule has 0 amide bonds. The molecule has 18 heavy (non-hydrogen) atoms. The zero-order valence-electron chi connectivity index (χ0n) is 11.5. The van der Waals surface area contributed by atoms with Crippen molar-refractivity contribution in [2.75, 3.05) is 13.1 Å². The van der Waals surface area contributed by atoms with Gasteiger partial charge in [0.2, 0.25) is 0 Å². The van der Waals surface area contributed by atoms with Gasteiger partial charge in [-0.25, -0.2) is 0 Å². The number of aryl methyl sites for hydroxylation is 1. The van der Waals surface area contributed by atoms with Crippen molar-refractivity contribution in [1.82, 2.24) is 19.9 Å². The SMILES string of the molecule is CCC(C)(C(=O)Cc1cn(C)nn1)N1CCCC1. The van der Waals surface area contributed by atoms with Crippen LogP contribution in [-0.4, -0.2) is 44.3 Å². The molecule has 1 saturated heterocycles. The highest BCUT2D eigenvalue weighted by Gasteiger charge is 2.38. The van der Waals surface area contributed by atoms with E-state index in [0.717, 1.165) is 25.2 Å². The Balaban J connectivity index is 2.09. The van der Waals surface area contributed by atoms with Crippen molar-refractivity contribution in [3.63, 3.8) is 0 Å². The second-order valence-electron chi connectivity index (χ2n) is 5.31. The van der Waals surface area contributed by atoms with Gasteiger partial charge in [0.05, 0.1) is 17.7 Å². The second-order valence-corrected chi connectivity index (χ2v) is 5.31. The van der Waals surface area contributed by atoms with E-state index in [9.17, 15) is 4.79 Å². The number of aromatic nitrogens is 3. The summed E-state index contributed by atoms with van der Waals surface area (Å²) in [5.41, 5.74) is 0.426. The van der Waals surface area contributed by atoms with Gasteiger partial charge in [-0.3, -0.25) is 14.4 Å². The lowest BCUT2D eigenvalue weighted by Gasteiger charge is -2.36. The molecule has 0 spiro atoms. The van der Waals surface area contributed by atoms with E-state index in [1.165, 1.54) is 12.8 Å². The fraction of sp³-hybridized carbons (Fsp3) is 0.769. The number of hydrogen-bond donors (Lipinski definition) is 0. The molecule has 0 N–H and O–H groups in total. The number of rotatable bonds is 5. The zero-order chi connectivity index (χ0) is 13.2. The van der Waals surface area contributed by atoms with E-state index in [1.54, 1.807) is 4.68 Å². The molecule has 1 aromatic rings. The average molecular weight is 250 g/mol. The molecule has 0 aliphatic carbocycles. The third kappa shape index (κ3) is 2.46. The van der Waals surface area contributed by atoms with Crippen LogP contribution >= 0.6 is 0 Å². The first-order chi connectivity index (χ1) is 8.56. The number of nitrogens with zero attached hydrogens (tertiary/aromatic N) is 4. The fourth-order valence-corrected chi connectivity index (χ4v) is 2.64. The van der Waals surface area contributed by atoms with E-state index in [-0.39, 0.29) is 11.3 Å². The van der Waals surface area contributed by atoms with Crippen LogP contribution < -0.4 is 0 Å². The number of carbonyl (C=O) groups excluding carboxylic acids is 1. The highest BCUT2D eigenvalue weighted by Crippen LogP contribution is 2.26. The van der Waals surface area contributed by atoms with Crippen molar-refractivity contribution in [1.29, 1.82) is 0 Å². The summed E-state index contributed by atoms with van der Waals surface area (Å²) in [5.74, 6) is 0.257. The monoisotopic (exact) mass is 250 g/mol. The van der Waals surface area contributed by atoms with Gasteiger partial charge < -0.3 is 0 Å². The number of carbonyl (C=O) groups is 1. The van der Waals surface area contributed by atoms with Crippen LogP contribution in [0.3, 0.4) is 0 Å². The van der Waals surface area contributed by atoms with Gasteiger partial charge in [-0.05, 0) is 39.3 Å². The Hall–Kier alpha value is -1.23. The number of Topliss-reactive ketones (excluding diaryl/α,β-unsaturated/α-hetero) is 1. The van der Waals surface area contributed by atoms with Crippen LogP contribution in [0.15, 0.2) is 6.20 Å². The van der Waals surface area contributed by atoms with E-state index in [4.69, 9.17) is 0 Å². The summed E-state index contributed by atoms with van der Waals surface area (Å²) in [6.07, 6.45) is 5.46. The van der Waals surface area contributed by atoms with Crippen LogP contribution in [0.1, 0.15) is 38.8 Å². The van der Waals surface area contributed by atoms with Crippen LogP contribution in [0.25, 0.3) is 0 Å².